The van der Waals surface area contributed by atoms with E-state index in [1.54, 1.807) is 11.3 Å². The van der Waals surface area contributed by atoms with Crippen LogP contribution in [0.5, 0.6) is 0 Å². The van der Waals surface area contributed by atoms with E-state index in [-0.39, 0.29) is 6.04 Å². The van der Waals surface area contributed by atoms with Crippen LogP contribution in [0.3, 0.4) is 0 Å². The molecule has 16 heavy (non-hydrogen) atoms. The molecule has 2 rings (SSSR count). The van der Waals surface area contributed by atoms with Gasteiger partial charge >= 0.3 is 0 Å². The summed E-state index contributed by atoms with van der Waals surface area (Å²) in [6.45, 7) is 3.05. The second-order valence-electron chi connectivity index (χ2n) is 4.39. The lowest BCUT2D eigenvalue weighted by Gasteiger charge is -2.13. The molecule has 1 aromatic rings. The average molecular weight is 304 g/mol. The zero-order chi connectivity index (χ0) is 11.5. The molecule has 2 unspecified atom stereocenters. The van der Waals surface area contributed by atoms with Gasteiger partial charge in [0, 0.05) is 26.9 Å². The van der Waals surface area contributed by atoms with E-state index in [1.165, 1.54) is 22.6 Å². The van der Waals surface area contributed by atoms with Crippen molar-refractivity contribution in [2.24, 2.45) is 5.73 Å². The summed E-state index contributed by atoms with van der Waals surface area (Å²) < 4.78 is 6.77. The lowest BCUT2D eigenvalue weighted by molar-refractivity contribution is 0.101. The minimum atomic E-state index is 0.150. The van der Waals surface area contributed by atoms with E-state index in [0.29, 0.717) is 6.10 Å². The molecular weight excluding hydrogens is 286 g/mol. The zero-order valence-corrected chi connectivity index (χ0v) is 11.9. The summed E-state index contributed by atoms with van der Waals surface area (Å²) in [5, 5.41) is 0. The number of rotatable bonds is 4. The van der Waals surface area contributed by atoms with Gasteiger partial charge in [-0.2, -0.15) is 0 Å². The van der Waals surface area contributed by atoms with Crippen LogP contribution in [0.15, 0.2) is 10.5 Å². The number of aryl methyl sites for hydroxylation is 1. The van der Waals surface area contributed by atoms with Gasteiger partial charge < -0.3 is 10.5 Å². The fourth-order valence-corrected chi connectivity index (χ4v) is 4.10. The highest BCUT2D eigenvalue weighted by atomic mass is 79.9. The summed E-state index contributed by atoms with van der Waals surface area (Å²) in [5.41, 5.74) is 6.21. The third-order valence-electron chi connectivity index (χ3n) is 3.00. The largest absolute Gasteiger partial charge is 0.378 e. The van der Waals surface area contributed by atoms with E-state index in [1.807, 2.05) is 0 Å². The predicted octanol–water partition coefficient (Wildman–Crippen LogP) is 3.78. The SMILES string of the molecule is Cc1cc(Br)c(C(N)CCC2CCCO2)s1. The molecule has 1 aromatic heterocycles. The summed E-state index contributed by atoms with van der Waals surface area (Å²) >= 11 is 5.36. The lowest BCUT2D eigenvalue weighted by Crippen LogP contribution is -2.13. The van der Waals surface area contributed by atoms with Gasteiger partial charge in [-0.15, -0.1) is 11.3 Å². The quantitative estimate of drug-likeness (QED) is 0.919. The highest BCUT2D eigenvalue weighted by Crippen LogP contribution is 2.33. The Morgan fingerprint density at radius 2 is 2.50 bits per heavy atom. The van der Waals surface area contributed by atoms with Crippen LogP contribution in [0.25, 0.3) is 0 Å². The van der Waals surface area contributed by atoms with E-state index >= 15 is 0 Å². The third-order valence-corrected chi connectivity index (χ3v) is 5.10. The van der Waals surface area contributed by atoms with Crippen molar-refractivity contribution in [3.63, 3.8) is 0 Å². The van der Waals surface area contributed by atoms with Crippen LogP contribution >= 0.6 is 27.3 Å². The Bertz CT molecular complexity index is 347. The molecule has 0 amide bonds. The van der Waals surface area contributed by atoms with Crippen LogP contribution in [0.2, 0.25) is 0 Å². The second kappa shape index (κ2) is 5.63. The molecule has 0 bridgehead atoms. The van der Waals surface area contributed by atoms with Crippen LogP contribution in [0.1, 0.15) is 41.5 Å². The fraction of sp³-hybridized carbons (Fsp3) is 0.667. The molecular formula is C12H18BrNOS. The summed E-state index contributed by atoms with van der Waals surface area (Å²) in [4.78, 5) is 2.59. The molecule has 2 heterocycles. The lowest BCUT2D eigenvalue weighted by atomic mass is 10.1. The van der Waals surface area contributed by atoms with Gasteiger partial charge in [-0.05, 0) is 54.6 Å². The van der Waals surface area contributed by atoms with Crippen molar-refractivity contribution < 1.29 is 4.74 Å². The van der Waals surface area contributed by atoms with Crippen LogP contribution in [-0.4, -0.2) is 12.7 Å². The number of halogens is 1. The van der Waals surface area contributed by atoms with Crippen molar-refractivity contribution in [1.29, 1.82) is 0 Å². The molecule has 2 nitrogen and oxygen atoms in total. The van der Waals surface area contributed by atoms with Gasteiger partial charge in [0.1, 0.15) is 0 Å². The first-order valence-electron chi connectivity index (χ1n) is 5.80. The molecule has 4 heteroatoms. The maximum Gasteiger partial charge on any atom is 0.0576 e. The van der Waals surface area contributed by atoms with E-state index in [9.17, 15) is 0 Å². The number of hydrogen-bond acceptors (Lipinski definition) is 3. The molecule has 1 fully saturated rings. The van der Waals surface area contributed by atoms with Crippen molar-refractivity contribution in [3.05, 3.63) is 20.3 Å². The Labute approximate surface area is 109 Å². The predicted molar refractivity (Wildman–Crippen MR) is 71.9 cm³/mol. The van der Waals surface area contributed by atoms with Crippen molar-refractivity contribution >= 4 is 27.3 Å². The van der Waals surface area contributed by atoms with Crippen LogP contribution in [0, 0.1) is 6.92 Å². The molecule has 2 atom stereocenters. The van der Waals surface area contributed by atoms with Crippen LogP contribution < -0.4 is 5.73 Å². The first-order valence-corrected chi connectivity index (χ1v) is 7.41. The number of ether oxygens (including phenoxy) is 1. The number of thiophene rings is 1. The molecule has 0 aliphatic carbocycles. The Balaban J connectivity index is 1.87. The third kappa shape index (κ3) is 3.06. The molecule has 0 spiro atoms. The topological polar surface area (TPSA) is 35.2 Å². The maximum absolute atomic E-state index is 6.21. The molecule has 1 aliphatic heterocycles. The van der Waals surface area contributed by atoms with Gasteiger partial charge in [0.2, 0.25) is 0 Å². The first-order chi connectivity index (χ1) is 7.66. The fourth-order valence-electron chi connectivity index (χ4n) is 2.12. The smallest absolute Gasteiger partial charge is 0.0576 e. The first kappa shape index (κ1) is 12.6. The monoisotopic (exact) mass is 303 g/mol. The van der Waals surface area contributed by atoms with E-state index < -0.39 is 0 Å². The summed E-state index contributed by atoms with van der Waals surface area (Å²) in [6, 6.07) is 2.30. The van der Waals surface area contributed by atoms with Gasteiger partial charge in [-0.1, -0.05) is 0 Å². The highest BCUT2D eigenvalue weighted by Gasteiger charge is 2.19. The van der Waals surface area contributed by atoms with Gasteiger partial charge in [-0.25, -0.2) is 0 Å². The minimum absolute atomic E-state index is 0.150. The standard InChI is InChI=1S/C12H18BrNOS/c1-8-7-10(13)12(16-8)11(14)5-4-9-3-2-6-15-9/h7,9,11H,2-6,14H2,1H3. The Morgan fingerprint density at radius 3 is 3.06 bits per heavy atom. The van der Waals surface area contributed by atoms with Crippen LogP contribution in [0.4, 0.5) is 0 Å². The molecule has 1 aliphatic rings. The van der Waals surface area contributed by atoms with Gasteiger partial charge in [0.25, 0.3) is 0 Å². The van der Waals surface area contributed by atoms with Crippen molar-refractivity contribution in [1.82, 2.24) is 0 Å². The van der Waals surface area contributed by atoms with Crippen LogP contribution in [-0.2, 0) is 4.74 Å². The van der Waals surface area contributed by atoms with E-state index in [2.05, 4.69) is 28.9 Å². The summed E-state index contributed by atoms with van der Waals surface area (Å²) in [6.07, 6.45) is 4.97. The Hall–Kier alpha value is 0.1000. The molecule has 0 radical (unpaired) electrons. The van der Waals surface area contributed by atoms with Gasteiger partial charge in [-0.3, -0.25) is 0 Å². The van der Waals surface area contributed by atoms with E-state index in [4.69, 9.17) is 10.5 Å². The molecule has 0 saturated carbocycles. The average Bonchev–Trinajstić information content (AvgIpc) is 2.84. The van der Waals surface area contributed by atoms with E-state index in [0.717, 1.165) is 23.9 Å². The Morgan fingerprint density at radius 1 is 1.69 bits per heavy atom. The summed E-state index contributed by atoms with van der Waals surface area (Å²) in [7, 11) is 0. The minimum Gasteiger partial charge on any atom is -0.378 e. The summed E-state index contributed by atoms with van der Waals surface area (Å²) in [5.74, 6) is 0. The van der Waals surface area contributed by atoms with Gasteiger partial charge in [0.15, 0.2) is 0 Å². The molecule has 2 N–H and O–H groups in total. The number of hydrogen-bond donors (Lipinski definition) is 1. The van der Waals surface area contributed by atoms with Crippen molar-refractivity contribution in [3.8, 4) is 0 Å². The normalized spacial score (nSPS) is 22.6. The van der Waals surface area contributed by atoms with Crippen molar-refractivity contribution in [2.45, 2.75) is 44.8 Å². The van der Waals surface area contributed by atoms with Gasteiger partial charge in [0.05, 0.1) is 6.10 Å². The van der Waals surface area contributed by atoms with Crippen molar-refractivity contribution in [2.75, 3.05) is 6.61 Å². The molecule has 1 saturated heterocycles. The maximum atomic E-state index is 6.21. The molecule has 90 valence electrons. The molecule has 0 aromatic carbocycles. The second-order valence-corrected chi connectivity index (χ2v) is 6.53. The zero-order valence-electron chi connectivity index (χ0n) is 9.54. The number of nitrogens with two attached hydrogens (primary N) is 1. The Kier molecular flexibility index (Phi) is 4.41. The highest BCUT2D eigenvalue weighted by molar-refractivity contribution is 9.10.